The van der Waals surface area contributed by atoms with Gasteiger partial charge >= 0.3 is 0 Å². The molecule has 5 rings (SSSR count). The van der Waals surface area contributed by atoms with Gasteiger partial charge < -0.3 is 10.2 Å². The quantitative estimate of drug-likeness (QED) is 0.244. The van der Waals surface area contributed by atoms with Crippen molar-refractivity contribution in [1.29, 1.82) is 0 Å². The van der Waals surface area contributed by atoms with Crippen molar-refractivity contribution in [2.75, 3.05) is 17.3 Å². The van der Waals surface area contributed by atoms with E-state index in [1.807, 2.05) is 17.5 Å². The Morgan fingerprint density at radius 2 is 1.50 bits per heavy atom. The Morgan fingerprint density at radius 3 is 2.18 bits per heavy atom. The molecule has 0 saturated heterocycles. The highest BCUT2D eigenvalue weighted by molar-refractivity contribution is 7.13. The van der Waals surface area contributed by atoms with Crippen LogP contribution < -0.4 is 10.2 Å². The summed E-state index contributed by atoms with van der Waals surface area (Å²) in [7, 11) is 2.13. The lowest BCUT2D eigenvalue weighted by Gasteiger charge is -2.25. The number of aromatic nitrogens is 1. The fourth-order valence-electron chi connectivity index (χ4n) is 4.21. The van der Waals surface area contributed by atoms with Gasteiger partial charge in [0.25, 0.3) is 0 Å². The van der Waals surface area contributed by atoms with Crippen molar-refractivity contribution < 1.29 is 0 Å². The third-order valence-electron chi connectivity index (χ3n) is 6.18. The Hall–Kier alpha value is -3.77. The predicted octanol–water partition coefficient (Wildman–Crippen LogP) is 8.84. The number of fused-ring (bicyclic) bond motifs is 2. The number of nitrogens with one attached hydrogen (secondary N) is 1. The molecule has 1 unspecified atom stereocenters. The minimum atomic E-state index is 0.419. The van der Waals surface area contributed by atoms with Crippen LogP contribution in [0.25, 0.3) is 21.5 Å². The summed E-state index contributed by atoms with van der Waals surface area (Å²) in [5.74, 6) is 0. The summed E-state index contributed by atoms with van der Waals surface area (Å²) < 4.78 is 0. The number of hydrogen-bond acceptors (Lipinski definition) is 6. The van der Waals surface area contributed by atoms with Gasteiger partial charge in [0.05, 0.1) is 5.69 Å². The van der Waals surface area contributed by atoms with E-state index in [2.05, 4.69) is 107 Å². The van der Waals surface area contributed by atoms with E-state index in [1.165, 1.54) is 27.8 Å². The maximum atomic E-state index is 4.49. The molecule has 0 amide bonds. The lowest BCUT2D eigenvalue weighted by Crippen LogP contribution is -2.14. The standard InChI is InChI=1S/C28H27N5S/c1-4-19(2)30-24-13-15-26(22-11-7-5-9-20(22)24)33(3)27-16-14-25(21-10-6-8-12-23(21)27)31-32-28-29-17-18-34-28/h5-19,30H,4H2,1-3H3. The summed E-state index contributed by atoms with van der Waals surface area (Å²) in [4.78, 5) is 6.46. The van der Waals surface area contributed by atoms with Crippen molar-refractivity contribution in [3.63, 3.8) is 0 Å². The van der Waals surface area contributed by atoms with Gasteiger partial charge in [-0.2, -0.15) is 0 Å². The van der Waals surface area contributed by atoms with Crippen molar-refractivity contribution in [2.45, 2.75) is 26.3 Å². The summed E-state index contributed by atoms with van der Waals surface area (Å²) in [6, 6.07) is 25.9. The maximum absolute atomic E-state index is 4.49. The number of benzene rings is 4. The molecule has 0 radical (unpaired) electrons. The monoisotopic (exact) mass is 465 g/mol. The molecule has 5 nitrogen and oxygen atoms in total. The van der Waals surface area contributed by atoms with Gasteiger partial charge in [0.2, 0.25) is 5.13 Å². The molecule has 0 saturated carbocycles. The molecule has 0 aliphatic rings. The van der Waals surface area contributed by atoms with E-state index >= 15 is 0 Å². The van der Waals surface area contributed by atoms with Crippen molar-refractivity contribution in [2.24, 2.45) is 10.2 Å². The molecule has 1 atom stereocenters. The number of anilines is 3. The van der Waals surface area contributed by atoms with Crippen LogP contribution in [0, 0.1) is 0 Å². The molecular weight excluding hydrogens is 438 g/mol. The van der Waals surface area contributed by atoms with Gasteiger partial charge in [-0.05, 0) is 37.6 Å². The van der Waals surface area contributed by atoms with Crippen LogP contribution in [-0.4, -0.2) is 18.1 Å². The number of rotatable bonds is 7. The summed E-state index contributed by atoms with van der Waals surface area (Å²) in [5.41, 5.74) is 4.29. The van der Waals surface area contributed by atoms with E-state index < -0.39 is 0 Å². The van der Waals surface area contributed by atoms with Gasteiger partial charge in [0, 0.05) is 63.3 Å². The minimum absolute atomic E-state index is 0.419. The summed E-state index contributed by atoms with van der Waals surface area (Å²) in [6.07, 6.45) is 2.82. The Kier molecular flexibility index (Phi) is 6.23. The molecular formula is C28H27N5S. The second kappa shape index (κ2) is 9.61. The van der Waals surface area contributed by atoms with Gasteiger partial charge in [-0.1, -0.05) is 55.5 Å². The molecule has 5 aromatic rings. The fraction of sp³-hybridized carbons (Fsp3) is 0.179. The number of nitrogens with zero attached hydrogens (tertiary/aromatic N) is 4. The fourth-order valence-corrected chi connectivity index (χ4v) is 4.66. The first-order chi connectivity index (χ1) is 16.7. The van der Waals surface area contributed by atoms with Gasteiger partial charge in [0.15, 0.2) is 0 Å². The van der Waals surface area contributed by atoms with Crippen LogP contribution in [0.1, 0.15) is 20.3 Å². The molecule has 0 aliphatic carbocycles. The van der Waals surface area contributed by atoms with Crippen LogP contribution in [0.5, 0.6) is 0 Å². The largest absolute Gasteiger partial charge is 0.382 e. The van der Waals surface area contributed by atoms with Gasteiger partial charge in [-0.15, -0.1) is 21.6 Å². The van der Waals surface area contributed by atoms with Gasteiger partial charge in [-0.3, -0.25) is 0 Å². The lowest BCUT2D eigenvalue weighted by molar-refractivity contribution is 0.765. The average molecular weight is 466 g/mol. The Morgan fingerprint density at radius 1 is 0.853 bits per heavy atom. The predicted molar refractivity (Wildman–Crippen MR) is 146 cm³/mol. The van der Waals surface area contributed by atoms with Crippen LogP contribution in [0.4, 0.5) is 27.9 Å². The van der Waals surface area contributed by atoms with Gasteiger partial charge in [0.1, 0.15) is 0 Å². The molecule has 0 fully saturated rings. The Bertz CT molecular complexity index is 1460. The summed E-state index contributed by atoms with van der Waals surface area (Å²) >= 11 is 1.48. The van der Waals surface area contributed by atoms with Crippen LogP contribution in [0.3, 0.4) is 0 Å². The van der Waals surface area contributed by atoms with Crippen LogP contribution in [-0.2, 0) is 0 Å². The zero-order valence-corrected chi connectivity index (χ0v) is 20.4. The topological polar surface area (TPSA) is 52.9 Å². The van der Waals surface area contributed by atoms with Crippen molar-refractivity contribution in [1.82, 2.24) is 4.98 Å². The van der Waals surface area contributed by atoms with E-state index in [1.54, 1.807) is 6.20 Å². The highest BCUT2D eigenvalue weighted by Crippen LogP contribution is 2.40. The average Bonchev–Trinajstić information content (AvgIpc) is 3.41. The van der Waals surface area contributed by atoms with Gasteiger partial charge in [-0.25, -0.2) is 4.98 Å². The molecule has 0 spiro atoms. The third-order valence-corrected chi connectivity index (χ3v) is 6.83. The highest BCUT2D eigenvalue weighted by Gasteiger charge is 2.15. The van der Waals surface area contributed by atoms with E-state index in [9.17, 15) is 0 Å². The maximum Gasteiger partial charge on any atom is 0.229 e. The molecule has 1 N–H and O–H groups in total. The normalized spacial score (nSPS) is 12.4. The lowest BCUT2D eigenvalue weighted by atomic mass is 10.0. The van der Waals surface area contributed by atoms with E-state index in [0.29, 0.717) is 11.2 Å². The van der Waals surface area contributed by atoms with Crippen LogP contribution >= 0.6 is 11.3 Å². The zero-order valence-electron chi connectivity index (χ0n) is 19.6. The molecule has 1 heterocycles. The molecule has 170 valence electrons. The molecule has 34 heavy (non-hydrogen) atoms. The van der Waals surface area contributed by atoms with Crippen LogP contribution in [0.2, 0.25) is 0 Å². The highest BCUT2D eigenvalue weighted by atomic mass is 32.1. The van der Waals surface area contributed by atoms with Crippen molar-refractivity contribution in [3.05, 3.63) is 84.4 Å². The first-order valence-corrected chi connectivity index (χ1v) is 12.4. The molecule has 0 aliphatic heterocycles. The van der Waals surface area contributed by atoms with E-state index in [0.717, 1.165) is 34.3 Å². The SMILES string of the molecule is CCC(C)Nc1ccc(N(C)c2ccc(N=Nc3nccs3)c3ccccc23)c2ccccc12. The second-order valence-corrected chi connectivity index (χ2v) is 9.23. The zero-order chi connectivity index (χ0) is 23.5. The summed E-state index contributed by atoms with van der Waals surface area (Å²) in [5, 5.41) is 19.7. The summed E-state index contributed by atoms with van der Waals surface area (Å²) in [6.45, 7) is 4.42. The van der Waals surface area contributed by atoms with Crippen molar-refractivity contribution >= 4 is 60.8 Å². The third kappa shape index (κ3) is 4.24. The first-order valence-electron chi connectivity index (χ1n) is 11.5. The number of azo groups is 1. The smallest absolute Gasteiger partial charge is 0.229 e. The van der Waals surface area contributed by atoms with Crippen molar-refractivity contribution in [3.8, 4) is 0 Å². The molecule has 6 heteroatoms. The Labute approximate surface area is 203 Å². The first kappa shape index (κ1) is 22.0. The van der Waals surface area contributed by atoms with E-state index in [-0.39, 0.29) is 0 Å². The van der Waals surface area contributed by atoms with E-state index in [4.69, 9.17) is 0 Å². The molecule has 1 aromatic heterocycles. The van der Waals surface area contributed by atoms with Crippen LogP contribution in [0.15, 0.2) is 94.6 Å². The number of hydrogen-bond donors (Lipinski definition) is 1. The Balaban J connectivity index is 1.59. The molecule has 0 bridgehead atoms. The minimum Gasteiger partial charge on any atom is -0.382 e. The number of thiazole rings is 1. The second-order valence-electron chi connectivity index (χ2n) is 8.35. The molecule has 4 aromatic carbocycles.